The molecular formula is C14H32N4. The van der Waals surface area contributed by atoms with E-state index in [-0.39, 0.29) is 0 Å². The van der Waals surface area contributed by atoms with Gasteiger partial charge in [-0.05, 0) is 26.7 Å². The molecule has 0 unspecified atom stereocenters. The van der Waals surface area contributed by atoms with E-state index in [9.17, 15) is 0 Å². The summed E-state index contributed by atoms with van der Waals surface area (Å²) in [6.45, 7) is 16.0. The van der Waals surface area contributed by atoms with Crippen LogP contribution >= 0.6 is 0 Å². The van der Waals surface area contributed by atoms with Gasteiger partial charge < -0.3 is 15.1 Å². The maximum absolute atomic E-state index is 6.03. The van der Waals surface area contributed by atoms with Crippen LogP contribution in [-0.4, -0.2) is 80.7 Å². The molecule has 0 aromatic heterocycles. The summed E-state index contributed by atoms with van der Waals surface area (Å²) in [5, 5.41) is 3.18. The Balaban J connectivity index is 3.69. The molecule has 4 heteroatoms. The molecule has 0 rings (SSSR count). The predicted molar refractivity (Wildman–Crippen MR) is 79.7 cm³/mol. The number of rotatable bonds is 12. The monoisotopic (exact) mass is 256 g/mol. The highest BCUT2D eigenvalue weighted by Crippen LogP contribution is 1.93. The van der Waals surface area contributed by atoms with Gasteiger partial charge in [-0.25, -0.2) is 0 Å². The minimum Gasteiger partial charge on any atom is -0.318 e. The zero-order chi connectivity index (χ0) is 13.8. The van der Waals surface area contributed by atoms with E-state index < -0.39 is 0 Å². The molecule has 2 radical (unpaired) electrons. The van der Waals surface area contributed by atoms with Gasteiger partial charge in [0.15, 0.2) is 0 Å². The van der Waals surface area contributed by atoms with Gasteiger partial charge in [0.1, 0.15) is 0 Å². The maximum atomic E-state index is 6.03. The summed E-state index contributed by atoms with van der Waals surface area (Å²) in [7, 11) is 8.02. The Hall–Kier alpha value is -0.160. The van der Waals surface area contributed by atoms with Gasteiger partial charge in [0, 0.05) is 46.3 Å². The van der Waals surface area contributed by atoms with E-state index in [1.54, 1.807) is 0 Å². The highest BCUT2D eigenvalue weighted by atomic mass is 15.2. The molecule has 18 heavy (non-hydrogen) atoms. The third-order valence-corrected chi connectivity index (χ3v) is 3.43. The lowest BCUT2D eigenvalue weighted by atomic mass is 10.4. The number of hydrogen-bond donors (Lipinski definition) is 1. The van der Waals surface area contributed by atoms with Crippen molar-refractivity contribution in [3.8, 4) is 0 Å². The molecule has 0 aromatic rings. The summed E-state index contributed by atoms with van der Waals surface area (Å²) in [4.78, 5) is 6.77. The molecule has 0 aliphatic heterocycles. The molecule has 0 atom stereocenters. The predicted octanol–water partition coefficient (Wildman–Crippen LogP) is 0.840. The highest BCUT2D eigenvalue weighted by molar-refractivity contribution is 4.64. The second-order valence-electron chi connectivity index (χ2n) is 4.60. The van der Waals surface area contributed by atoms with Gasteiger partial charge in [0.2, 0.25) is 0 Å². The first-order valence-corrected chi connectivity index (χ1v) is 7.26. The van der Waals surface area contributed by atoms with Crippen LogP contribution in [0.3, 0.4) is 0 Å². The van der Waals surface area contributed by atoms with Crippen molar-refractivity contribution in [2.75, 3.05) is 66.0 Å². The van der Waals surface area contributed by atoms with Crippen molar-refractivity contribution in [1.82, 2.24) is 20.0 Å². The molecule has 0 spiro atoms. The third-order valence-electron chi connectivity index (χ3n) is 3.43. The van der Waals surface area contributed by atoms with Gasteiger partial charge >= 0.3 is 0 Å². The number of likely N-dealkylation sites (N-methyl/N-ethyl adjacent to an activating group) is 3. The maximum Gasteiger partial charge on any atom is 0.0439 e. The third kappa shape index (κ3) is 8.86. The molecule has 108 valence electrons. The number of hydrogen-bond acceptors (Lipinski definition) is 4. The van der Waals surface area contributed by atoms with E-state index in [4.69, 9.17) is 7.05 Å². The van der Waals surface area contributed by atoms with Crippen molar-refractivity contribution in [1.29, 1.82) is 0 Å². The van der Waals surface area contributed by atoms with Crippen LogP contribution in [0.15, 0.2) is 0 Å². The Morgan fingerprint density at radius 1 is 0.778 bits per heavy atom. The van der Waals surface area contributed by atoms with Crippen molar-refractivity contribution in [3.05, 3.63) is 7.05 Å². The molecule has 4 nitrogen and oxygen atoms in total. The van der Waals surface area contributed by atoms with Gasteiger partial charge in [-0.3, -0.25) is 4.90 Å². The Labute approximate surface area is 114 Å². The summed E-state index contributed by atoms with van der Waals surface area (Å²) >= 11 is 0. The quantitative estimate of drug-likeness (QED) is 0.522. The normalized spacial score (nSPS) is 12.0. The first-order valence-electron chi connectivity index (χ1n) is 7.26. The molecular weight excluding hydrogens is 224 g/mol. The zero-order valence-electron chi connectivity index (χ0n) is 12.8. The van der Waals surface area contributed by atoms with Crippen LogP contribution in [-0.2, 0) is 0 Å². The molecule has 0 bridgehead atoms. The van der Waals surface area contributed by atoms with Gasteiger partial charge in [-0.2, -0.15) is 0 Å². The Morgan fingerprint density at radius 2 is 1.28 bits per heavy atom. The lowest BCUT2D eigenvalue weighted by Gasteiger charge is -2.26. The van der Waals surface area contributed by atoms with Crippen LogP contribution in [0.1, 0.15) is 20.8 Å². The van der Waals surface area contributed by atoms with E-state index in [1.165, 1.54) is 0 Å². The fraction of sp³-hybridized carbons (Fsp3) is 0.929. The molecule has 0 aromatic carbocycles. The summed E-state index contributed by atoms with van der Waals surface area (Å²) in [5.41, 5.74) is 0. The summed E-state index contributed by atoms with van der Waals surface area (Å²) in [5.74, 6) is 0. The topological polar surface area (TPSA) is 21.8 Å². The van der Waals surface area contributed by atoms with Gasteiger partial charge in [-0.15, -0.1) is 0 Å². The first-order chi connectivity index (χ1) is 8.67. The van der Waals surface area contributed by atoms with Gasteiger partial charge in [0.25, 0.3) is 0 Å². The summed E-state index contributed by atoms with van der Waals surface area (Å²) in [6.07, 6.45) is 0. The molecule has 0 saturated carbocycles. The standard InChI is InChI=1S/C14H32N4/c1-6-17(7-2)13-11-16(5)12-14-18(8-3)10-9-15-4/h5,15H,6-14H2,1-4H3. The van der Waals surface area contributed by atoms with E-state index in [0.717, 1.165) is 58.9 Å². The second-order valence-corrected chi connectivity index (χ2v) is 4.60. The van der Waals surface area contributed by atoms with Crippen molar-refractivity contribution in [3.63, 3.8) is 0 Å². The first kappa shape index (κ1) is 17.8. The fourth-order valence-corrected chi connectivity index (χ4v) is 1.89. The Bertz CT molecular complexity index is 171. The van der Waals surface area contributed by atoms with E-state index in [0.29, 0.717) is 0 Å². The largest absolute Gasteiger partial charge is 0.318 e. The second kappa shape index (κ2) is 11.9. The van der Waals surface area contributed by atoms with Crippen molar-refractivity contribution in [2.24, 2.45) is 0 Å². The van der Waals surface area contributed by atoms with E-state index >= 15 is 0 Å². The van der Waals surface area contributed by atoms with Crippen LogP contribution in [0.2, 0.25) is 0 Å². The van der Waals surface area contributed by atoms with Crippen LogP contribution in [0.25, 0.3) is 0 Å². The SMILES string of the molecule is [CH]N(CCN(CC)CC)CCN(CC)CCNC. The molecule has 0 aliphatic carbocycles. The Morgan fingerprint density at radius 3 is 1.72 bits per heavy atom. The van der Waals surface area contributed by atoms with Crippen LogP contribution in [0.4, 0.5) is 0 Å². The van der Waals surface area contributed by atoms with Crippen molar-refractivity contribution < 1.29 is 0 Å². The zero-order valence-corrected chi connectivity index (χ0v) is 12.8. The minimum absolute atomic E-state index is 0.943. The highest BCUT2D eigenvalue weighted by Gasteiger charge is 2.06. The lowest BCUT2D eigenvalue weighted by molar-refractivity contribution is 0.218. The van der Waals surface area contributed by atoms with E-state index in [2.05, 4.69) is 35.9 Å². The van der Waals surface area contributed by atoms with Crippen LogP contribution in [0.5, 0.6) is 0 Å². The fourth-order valence-electron chi connectivity index (χ4n) is 1.89. The smallest absolute Gasteiger partial charge is 0.0439 e. The lowest BCUT2D eigenvalue weighted by Crippen LogP contribution is -2.38. The number of nitrogens with one attached hydrogen (secondary N) is 1. The van der Waals surface area contributed by atoms with Crippen LogP contribution < -0.4 is 5.32 Å². The molecule has 1 N–H and O–H groups in total. The molecule has 0 heterocycles. The average Bonchev–Trinajstić information content (AvgIpc) is 2.40. The van der Waals surface area contributed by atoms with Crippen molar-refractivity contribution >= 4 is 0 Å². The summed E-state index contributed by atoms with van der Waals surface area (Å²) in [6, 6.07) is 0. The van der Waals surface area contributed by atoms with Crippen LogP contribution in [0, 0.1) is 7.05 Å². The molecule has 0 fully saturated rings. The molecule has 0 saturated heterocycles. The average molecular weight is 256 g/mol. The molecule has 0 amide bonds. The Kier molecular flexibility index (Phi) is 11.8. The summed E-state index contributed by atoms with van der Waals surface area (Å²) < 4.78 is 0. The van der Waals surface area contributed by atoms with Gasteiger partial charge in [0.05, 0.1) is 0 Å². The van der Waals surface area contributed by atoms with Gasteiger partial charge in [-0.1, -0.05) is 20.8 Å². The minimum atomic E-state index is 0.943. The van der Waals surface area contributed by atoms with E-state index in [1.807, 2.05) is 11.9 Å². The molecule has 0 aliphatic rings. The number of nitrogens with zero attached hydrogens (tertiary/aromatic N) is 3. The van der Waals surface area contributed by atoms with Crippen molar-refractivity contribution in [2.45, 2.75) is 20.8 Å².